The first-order valence-corrected chi connectivity index (χ1v) is 13.8. The maximum atomic E-state index is 12.2. The molecule has 9 heteroatoms. The van der Waals surface area contributed by atoms with Crippen LogP contribution in [0.3, 0.4) is 0 Å². The van der Waals surface area contributed by atoms with Gasteiger partial charge in [0, 0.05) is 38.4 Å². The van der Waals surface area contributed by atoms with E-state index in [1.165, 1.54) is 30.9 Å². The van der Waals surface area contributed by atoms with Crippen molar-refractivity contribution in [2.75, 3.05) is 43.0 Å². The summed E-state index contributed by atoms with van der Waals surface area (Å²) in [5, 5.41) is 3.39. The molecular formula is C29H38N6O3. The molecule has 9 nitrogen and oxygen atoms in total. The van der Waals surface area contributed by atoms with E-state index in [2.05, 4.69) is 58.0 Å². The van der Waals surface area contributed by atoms with Crippen LogP contribution >= 0.6 is 0 Å². The van der Waals surface area contributed by atoms with Gasteiger partial charge < -0.3 is 15.0 Å². The number of nitrogens with zero attached hydrogens (tertiary/aromatic N) is 5. The minimum Gasteiger partial charge on any atom is -0.447 e. The number of aromatic nitrogens is 2. The number of rotatable bonds is 10. The smallest absolute Gasteiger partial charge is 0.415 e. The molecule has 2 saturated heterocycles. The zero-order valence-electron chi connectivity index (χ0n) is 22.4. The van der Waals surface area contributed by atoms with E-state index < -0.39 is 0 Å². The Morgan fingerprint density at radius 1 is 1.16 bits per heavy atom. The summed E-state index contributed by atoms with van der Waals surface area (Å²) in [6, 6.07) is 10.9. The molecule has 2 aromatic rings. The number of piperazine rings is 1. The van der Waals surface area contributed by atoms with Gasteiger partial charge in [-0.05, 0) is 49.0 Å². The number of carbonyl (C=O) groups is 2. The number of cyclic esters (lactones) is 1. The highest BCUT2D eigenvalue weighted by Crippen LogP contribution is 2.40. The zero-order valence-corrected chi connectivity index (χ0v) is 22.4. The van der Waals surface area contributed by atoms with Crippen LogP contribution in [0.25, 0.3) is 0 Å². The molecule has 1 N–H and O–H groups in total. The Morgan fingerprint density at radius 3 is 2.53 bits per heavy atom. The van der Waals surface area contributed by atoms with Crippen LogP contribution in [-0.2, 0) is 9.53 Å². The molecule has 1 unspecified atom stereocenters. The molecular weight excluding hydrogens is 480 g/mol. The predicted molar refractivity (Wildman–Crippen MR) is 147 cm³/mol. The third kappa shape index (κ3) is 5.83. The standard InChI is InChI=1S/C29H38N6O3/c1-4-24-19-38-29(37)35(24)26-12-13-30-28(32-26)31-20(3)22-8-10-23(11-9-22)25(18-21-6-7-21)33-14-16-34(17-15-33)27(36)5-2/h5,8-13,20-21,24-25H,2,4,6-7,14-19H2,1,3H3,(H,30,31,32)/t20-,24-,25?/m0/s1. The van der Waals surface area contributed by atoms with Gasteiger partial charge in [-0.3, -0.25) is 14.6 Å². The molecule has 1 saturated carbocycles. The largest absolute Gasteiger partial charge is 0.447 e. The van der Waals surface area contributed by atoms with Crippen LogP contribution in [0.4, 0.5) is 16.6 Å². The number of benzene rings is 1. The highest BCUT2D eigenvalue weighted by atomic mass is 16.6. The zero-order chi connectivity index (χ0) is 26.6. The maximum Gasteiger partial charge on any atom is 0.415 e. The summed E-state index contributed by atoms with van der Waals surface area (Å²) in [5.74, 6) is 1.86. The first kappa shape index (κ1) is 26.2. The van der Waals surface area contributed by atoms with Crippen molar-refractivity contribution in [2.45, 2.75) is 57.7 Å². The van der Waals surface area contributed by atoms with Crippen LogP contribution in [0.5, 0.6) is 0 Å². The summed E-state index contributed by atoms with van der Waals surface area (Å²) in [6.07, 6.45) is 7.32. The lowest BCUT2D eigenvalue weighted by molar-refractivity contribution is -0.128. The summed E-state index contributed by atoms with van der Waals surface area (Å²) >= 11 is 0. The Labute approximate surface area is 224 Å². The molecule has 1 aromatic heterocycles. The van der Waals surface area contributed by atoms with Crippen LogP contribution in [0.1, 0.15) is 62.7 Å². The fourth-order valence-corrected chi connectivity index (χ4v) is 5.43. The number of hydrogen-bond acceptors (Lipinski definition) is 7. The number of nitrogens with one attached hydrogen (secondary N) is 1. The lowest BCUT2D eigenvalue weighted by atomic mass is 9.96. The van der Waals surface area contributed by atoms with E-state index in [1.807, 2.05) is 11.8 Å². The molecule has 1 aliphatic carbocycles. The van der Waals surface area contributed by atoms with E-state index in [0.29, 0.717) is 24.4 Å². The topological polar surface area (TPSA) is 90.9 Å². The molecule has 0 spiro atoms. The monoisotopic (exact) mass is 518 g/mol. The fraction of sp³-hybridized carbons (Fsp3) is 0.517. The summed E-state index contributed by atoms with van der Waals surface area (Å²) < 4.78 is 5.22. The van der Waals surface area contributed by atoms with Crippen LogP contribution in [0, 0.1) is 5.92 Å². The van der Waals surface area contributed by atoms with Gasteiger partial charge in [-0.1, -0.05) is 50.6 Å². The first-order valence-electron chi connectivity index (χ1n) is 13.8. The van der Waals surface area contributed by atoms with E-state index in [9.17, 15) is 9.59 Å². The van der Waals surface area contributed by atoms with Crippen LogP contribution in [0.15, 0.2) is 49.2 Å². The van der Waals surface area contributed by atoms with E-state index in [1.54, 1.807) is 17.2 Å². The first-order chi connectivity index (χ1) is 18.5. The minimum absolute atomic E-state index is 0.00995. The average Bonchev–Trinajstić information content (AvgIpc) is 3.70. The van der Waals surface area contributed by atoms with Gasteiger partial charge in [-0.15, -0.1) is 0 Å². The molecule has 202 valence electrons. The van der Waals surface area contributed by atoms with Gasteiger partial charge >= 0.3 is 6.09 Å². The second kappa shape index (κ2) is 11.5. The van der Waals surface area contributed by atoms with Crippen LogP contribution in [-0.4, -0.2) is 70.6 Å². The number of amides is 2. The summed E-state index contributed by atoms with van der Waals surface area (Å²) in [4.78, 5) is 39.3. The molecule has 1 aromatic carbocycles. The van der Waals surface area contributed by atoms with Crippen LogP contribution < -0.4 is 10.2 Å². The number of carbonyl (C=O) groups excluding carboxylic acids is 2. The molecule has 2 amide bonds. The van der Waals surface area contributed by atoms with Crippen molar-refractivity contribution in [2.24, 2.45) is 5.92 Å². The Kier molecular flexibility index (Phi) is 7.93. The molecule has 5 rings (SSSR count). The molecule has 3 fully saturated rings. The highest BCUT2D eigenvalue weighted by molar-refractivity contribution is 5.89. The third-order valence-corrected chi connectivity index (χ3v) is 7.98. The third-order valence-electron chi connectivity index (χ3n) is 7.98. The minimum atomic E-state index is -0.361. The Balaban J connectivity index is 1.25. The van der Waals surface area contributed by atoms with E-state index in [0.717, 1.165) is 44.1 Å². The van der Waals surface area contributed by atoms with Gasteiger partial charge in [0.05, 0.1) is 12.1 Å². The second-order valence-corrected chi connectivity index (χ2v) is 10.5. The van der Waals surface area contributed by atoms with Gasteiger partial charge in [-0.25, -0.2) is 9.78 Å². The summed E-state index contributed by atoms with van der Waals surface area (Å²) in [5.41, 5.74) is 2.47. The normalized spacial score (nSPS) is 21.6. The van der Waals surface area contributed by atoms with Crippen molar-refractivity contribution >= 4 is 23.8 Å². The molecule has 3 aliphatic rings. The molecule has 3 heterocycles. The van der Waals surface area contributed by atoms with E-state index >= 15 is 0 Å². The Bertz CT molecular complexity index is 1140. The van der Waals surface area contributed by atoms with Crippen molar-refractivity contribution in [3.8, 4) is 0 Å². The summed E-state index contributed by atoms with van der Waals surface area (Å²) in [6.45, 7) is 11.4. The lowest BCUT2D eigenvalue weighted by Crippen LogP contribution is -2.49. The quantitative estimate of drug-likeness (QED) is 0.461. The average molecular weight is 519 g/mol. The van der Waals surface area contributed by atoms with Gasteiger partial charge in [0.15, 0.2) is 0 Å². The number of hydrogen-bond donors (Lipinski definition) is 1. The van der Waals surface area contributed by atoms with Crippen molar-refractivity contribution in [3.63, 3.8) is 0 Å². The summed E-state index contributed by atoms with van der Waals surface area (Å²) in [7, 11) is 0. The molecule has 3 atom stereocenters. The maximum absolute atomic E-state index is 12.2. The molecule has 0 bridgehead atoms. The van der Waals surface area contributed by atoms with E-state index in [-0.39, 0.29) is 24.1 Å². The van der Waals surface area contributed by atoms with Crippen molar-refractivity contribution < 1.29 is 14.3 Å². The molecule has 38 heavy (non-hydrogen) atoms. The molecule has 0 radical (unpaired) electrons. The van der Waals surface area contributed by atoms with Crippen LogP contribution in [0.2, 0.25) is 0 Å². The number of anilines is 2. The van der Waals surface area contributed by atoms with Gasteiger partial charge in [0.1, 0.15) is 12.4 Å². The second-order valence-electron chi connectivity index (χ2n) is 10.5. The fourth-order valence-electron chi connectivity index (χ4n) is 5.43. The SMILES string of the molecule is C=CC(=O)N1CCN(C(CC2CC2)c2ccc([C@H](C)Nc3nccc(N4C(=O)OC[C@@H]4CC)n3)cc2)CC1. The van der Waals surface area contributed by atoms with Gasteiger partial charge in [0.2, 0.25) is 11.9 Å². The van der Waals surface area contributed by atoms with Gasteiger partial charge in [-0.2, -0.15) is 4.98 Å². The number of ether oxygens (including phenoxy) is 1. The van der Waals surface area contributed by atoms with Crippen molar-refractivity contribution in [1.29, 1.82) is 0 Å². The Hall–Kier alpha value is -3.46. The van der Waals surface area contributed by atoms with Crippen molar-refractivity contribution in [1.82, 2.24) is 19.8 Å². The highest BCUT2D eigenvalue weighted by Gasteiger charge is 2.34. The lowest BCUT2D eigenvalue weighted by Gasteiger charge is -2.39. The van der Waals surface area contributed by atoms with Crippen molar-refractivity contribution in [3.05, 3.63) is 60.3 Å². The predicted octanol–water partition coefficient (Wildman–Crippen LogP) is 4.56. The van der Waals surface area contributed by atoms with E-state index in [4.69, 9.17) is 4.74 Å². The molecule has 2 aliphatic heterocycles. The van der Waals surface area contributed by atoms with Gasteiger partial charge in [0.25, 0.3) is 0 Å². The Morgan fingerprint density at radius 2 is 1.87 bits per heavy atom.